The lowest BCUT2D eigenvalue weighted by Crippen LogP contribution is -1.96. The van der Waals surface area contributed by atoms with Crippen molar-refractivity contribution in [3.05, 3.63) is 22.2 Å². The van der Waals surface area contributed by atoms with Gasteiger partial charge in [-0.2, -0.15) is 5.26 Å². The molecule has 14 heavy (non-hydrogen) atoms. The van der Waals surface area contributed by atoms with E-state index >= 15 is 0 Å². The van der Waals surface area contributed by atoms with E-state index in [-0.39, 0.29) is 15.8 Å². The Hall–Kier alpha value is -0.770. The average Bonchev–Trinajstić information content (AvgIpc) is 2.07. The number of hydrogen-bond acceptors (Lipinski definition) is 4. The molecule has 0 aromatic heterocycles. The summed E-state index contributed by atoms with van der Waals surface area (Å²) >= 11 is 2.84. The van der Waals surface area contributed by atoms with E-state index in [4.69, 9.17) is 15.9 Å². The minimum atomic E-state index is -4.06. The molecule has 1 aromatic rings. The van der Waals surface area contributed by atoms with Crippen molar-refractivity contribution in [1.82, 2.24) is 0 Å². The van der Waals surface area contributed by atoms with E-state index in [9.17, 15) is 13.5 Å². The van der Waals surface area contributed by atoms with Crippen LogP contribution < -0.4 is 0 Å². The van der Waals surface area contributed by atoms with E-state index in [0.29, 0.717) is 0 Å². The van der Waals surface area contributed by atoms with Gasteiger partial charge in [-0.25, -0.2) is 8.42 Å². The van der Waals surface area contributed by atoms with Gasteiger partial charge in [0.2, 0.25) is 0 Å². The highest BCUT2D eigenvalue weighted by Gasteiger charge is 2.21. The molecule has 1 aromatic carbocycles. The summed E-state index contributed by atoms with van der Waals surface area (Å²) in [6.45, 7) is 0. The molecule has 1 N–H and O–H groups in total. The molecule has 0 aliphatic heterocycles. The normalized spacial score (nSPS) is 10.9. The first-order chi connectivity index (χ1) is 6.38. The third-order valence-electron chi connectivity index (χ3n) is 1.44. The molecule has 0 aliphatic carbocycles. The highest BCUT2D eigenvalue weighted by molar-refractivity contribution is 9.10. The van der Waals surface area contributed by atoms with Gasteiger partial charge in [-0.15, -0.1) is 0 Å². The third-order valence-corrected chi connectivity index (χ3v) is 3.88. The second-order valence-corrected chi connectivity index (χ2v) is 5.62. The van der Waals surface area contributed by atoms with Crippen LogP contribution in [0.25, 0.3) is 0 Å². The number of aromatic hydroxyl groups is 1. The number of phenols is 1. The molecule has 0 saturated carbocycles. The monoisotopic (exact) mass is 295 g/mol. The number of rotatable bonds is 1. The van der Waals surface area contributed by atoms with Gasteiger partial charge in [0.15, 0.2) is 0 Å². The molecule has 0 radical (unpaired) electrons. The van der Waals surface area contributed by atoms with Crippen molar-refractivity contribution in [2.75, 3.05) is 0 Å². The molecule has 0 spiro atoms. The highest BCUT2D eigenvalue weighted by atomic mass is 79.9. The van der Waals surface area contributed by atoms with Gasteiger partial charge < -0.3 is 5.11 Å². The molecule has 1 rings (SSSR count). The second-order valence-electron chi connectivity index (χ2n) is 2.33. The fourth-order valence-electron chi connectivity index (χ4n) is 0.872. The molecule has 74 valence electrons. The summed E-state index contributed by atoms with van der Waals surface area (Å²) in [4.78, 5) is -0.415. The smallest absolute Gasteiger partial charge is 0.263 e. The summed E-state index contributed by atoms with van der Waals surface area (Å²) in [5, 5.41) is 17.8. The molecule has 0 fully saturated rings. The number of hydrogen-bond donors (Lipinski definition) is 1. The highest BCUT2D eigenvalue weighted by Crippen LogP contribution is 2.34. The summed E-state index contributed by atoms with van der Waals surface area (Å²) in [5.41, 5.74) is -0.121. The van der Waals surface area contributed by atoms with Gasteiger partial charge >= 0.3 is 0 Å². The molecule has 0 atom stereocenters. The quantitative estimate of drug-likeness (QED) is 0.804. The largest absolute Gasteiger partial charge is 0.507 e. The standard InChI is InChI=1S/C7H3BrClNO3S/c8-6-5(11)2-1-4(3-10)7(6)14(9,12)13/h1-2,11H. The van der Waals surface area contributed by atoms with Crippen LogP contribution in [0, 0.1) is 11.3 Å². The number of halogens is 2. The van der Waals surface area contributed by atoms with Crippen molar-refractivity contribution in [1.29, 1.82) is 5.26 Å². The lowest BCUT2D eigenvalue weighted by atomic mass is 10.2. The van der Waals surface area contributed by atoms with Crippen molar-refractivity contribution in [2.24, 2.45) is 0 Å². The minimum Gasteiger partial charge on any atom is -0.507 e. The molecule has 4 nitrogen and oxygen atoms in total. The Morgan fingerprint density at radius 1 is 1.50 bits per heavy atom. The summed E-state index contributed by atoms with van der Waals surface area (Å²) in [7, 11) is 1.04. The van der Waals surface area contributed by atoms with Crippen LogP contribution in [-0.2, 0) is 9.05 Å². The summed E-state index contributed by atoms with van der Waals surface area (Å²) in [5.74, 6) is -0.289. The van der Waals surface area contributed by atoms with Gasteiger partial charge in [0, 0.05) is 10.7 Å². The Morgan fingerprint density at radius 2 is 2.07 bits per heavy atom. The predicted octanol–water partition coefficient (Wildman–Crippen LogP) is 1.95. The van der Waals surface area contributed by atoms with Crippen LogP contribution in [0.15, 0.2) is 21.5 Å². The van der Waals surface area contributed by atoms with E-state index < -0.39 is 13.9 Å². The van der Waals surface area contributed by atoms with Crippen molar-refractivity contribution in [3.63, 3.8) is 0 Å². The Kier molecular flexibility index (Phi) is 3.04. The molecule has 7 heteroatoms. The summed E-state index contributed by atoms with van der Waals surface area (Å²) in [6.07, 6.45) is 0. The van der Waals surface area contributed by atoms with Crippen LogP contribution in [0.2, 0.25) is 0 Å². The third kappa shape index (κ3) is 2.00. The Labute approximate surface area is 93.3 Å². The average molecular weight is 297 g/mol. The van der Waals surface area contributed by atoms with Gasteiger partial charge in [0.25, 0.3) is 9.05 Å². The molecule has 0 amide bonds. The zero-order valence-electron chi connectivity index (χ0n) is 6.53. The van der Waals surface area contributed by atoms with Crippen LogP contribution in [0.1, 0.15) is 5.56 Å². The molecule has 0 bridgehead atoms. The lowest BCUT2D eigenvalue weighted by Gasteiger charge is -2.04. The number of nitriles is 1. The topological polar surface area (TPSA) is 78.2 Å². The maximum atomic E-state index is 11.1. The number of nitrogens with zero attached hydrogens (tertiary/aromatic N) is 1. The van der Waals surface area contributed by atoms with Crippen LogP contribution in [0.3, 0.4) is 0 Å². The van der Waals surface area contributed by atoms with Crippen molar-refractivity contribution < 1.29 is 13.5 Å². The SMILES string of the molecule is N#Cc1ccc(O)c(Br)c1S(=O)(=O)Cl. The summed E-state index contributed by atoms with van der Waals surface area (Å²) in [6, 6.07) is 4.04. The van der Waals surface area contributed by atoms with Crippen LogP contribution >= 0.6 is 26.6 Å². The zero-order valence-corrected chi connectivity index (χ0v) is 9.69. The van der Waals surface area contributed by atoms with Gasteiger partial charge in [-0.05, 0) is 28.1 Å². The van der Waals surface area contributed by atoms with Crippen molar-refractivity contribution >= 4 is 35.7 Å². The minimum absolute atomic E-state index is 0.105. The molecule has 0 aliphatic rings. The van der Waals surface area contributed by atoms with Gasteiger partial charge in [-0.3, -0.25) is 0 Å². The van der Waals surface area contributed by atoms with E-state index in [1.165, 1.54) is 12.1 Å². The van der Waals surface area contributed by atoms with Crippen LogP contribution in [0.4, 0.5) is 0 Å². The van der Waals surface area contributed by atoms with Crippen molar-refractivity contribution in [3.8, 4) is 11.8 Å². The van der Waals surface area contributed by atoms with E-state index in [1.54, 1.807) is 6.07 Å². The van der Waals surface area contributed by atoms with Gasteiger partial charge in [-0.1, -0.05) is 0 Å². The van der Waals surface area contributed by atoms with Crippen molar-refractivity contribution in [2.45, 2.75) is 4.90 Å². The second kappa shape index (κ2) is 3.77. The van der Waals surface area contributed by atoms with E-state index in [2.05, 4.69) is 15.9 Å². The molecular weight excluding hydrogens is 294 g/mol. The lowest BCUT2D eigenvalue weighted by molar-refractivity contribution is 0.469. The molecule has 0 heterocycles. The van der Waals surface area contributed by atoms with Crippen LogP contribution in [-0.4, -0.2) is 13.5 Å². The Balaban J connectivity index is 3.72. The van der Waals surface area contributed by atoms with E-state index in [0.717, 1.165) is 0 Å². The van der Waals surface area contributed by atoms with E-state index in [1.807, 2.05) is 0 Å². The number of phenolic OH excluding ortho intramolecular Hbond substituents is 1. The van der Waals surface area contributed by atoms with Crippen LogP contribution in [0.5, 0.6) is 5.75 Å². The van der Waals surface area contributed by atoms with Gasteiger partial charge in [0.1, 0.15) is 16.7 Å². The maximum absolute atomic E-state index is 11.1. The Morgan fingerprint density at radius 3 is 2.50 bits per heavy atom. The summed E-state index contributed by atoms with van der Waals surface area (Å²) < 4.78 is 22.0. The first kappa shape index (κ1) is 11.3. The fraction of sp³-hybridized carbons (Fsp3) is 0. The molecule has 0 saturated heterocycles. The zero-order chi connectivity index (χ0) is 10.9. The first-order valence-electron chi connectivity index (χ1n) is 3.24. The fourth-order valence-corrected chi connectivity index (χ4v) is 3.31. The first-order valence-corrected chi connectivity index (χ1v) is 6.34. The number of benzene rings is 1. The molecular formula is C7H3BrClNO3S. The maximum Gasteiger partial charge on any atom is 0.263 e. The van der Waals surface area contributed by atoms with Gasteiger partial charge in [0.05, 0.1) is 10.0 Å². The Bertz CT molecular complexity index is 520. The predicted molar refractivity (Wildman–Crippen MR) is 53.6 cm³/mol. The molecule has 0 unspecified atom stereocenters.